The average molecular weight is 199 g/mol. The smallest absolute Gasteiger partial charge is 0.379 e. The van der Waals surface area contributed by atoms with Gasteiger partial charge in [0.25, 0.3) is 5.82 Å². The highest BCUT2D eigenvalue weighted by Gasteiger charge is 2.18. The maximum atomic E-state index is 11.1. The molecule has 1 aromatic rings. The number of ether oxygens (including phenoxy) is 1. The van der Waals surface area contributed by atoms with Gasteiger partial charge >= 0.3 is 5.97 Å². The van der Waals surface area contributed by atoms with Gasteiger partial charge in [0.2, 0.25) is 5.89 Å². The molecule has 2 N–H and O–H groups in total. The molecule has 6 nitrogen and oxygen atoms in total. The van der Waals surface area contributed by atoms with E-state index in [-0.39, 0.29) is 18.3 Å². The van der Waals surface area contributed by atoms with Gasteiger partial charge in [0.15, 0.2) is 0 Å². The Balaban J connectivity index is 2.72. The molecule has 0 amide bonds. The van der Waals surface area contributed by atoms with Crippen molar-refractivity contribution >= 4 is 5.97 Å². The van der Waals surface area contributed by atoms with Crippen molar-refractivity contribution in [3.63, 3.8) is 0 Å². The van der Waals surface area contributed by atoms with Crippen LogP contribution in [0, 0.1) is 0 Å². The maximum absolute atomic E-state index is 11.1. The Kier molecular flexibility index (Phi) is 3.58. The first-order valence-electron chi connectivity index (χ1n) is 4.39. The molecule has 0 spiro atoms. The number of carbonyl (C=O) groups excluding carboxylic acids is 1. The summed E-state index contributed by atoms with van der Waals surface area (Å²) < 4.78 is 9.54. The monoisotopic (exact) mass is 199 g/mol. The summed E-state index contributed by atoms with van der Waals surface area (Å²) in [5, 5.41) is 3.49. The molecule has 6 heteroatoms. The van der Waals surface area contributed by atoms with Crippen LogP contribution in [0.15, 0.2) is 4.52 Å². The summed E-state index contributed by atoms with van der Waals surface area (Å²) in [6, 6.07) is 0. The van der Waals surface area contributed by atoms with Crippen molar-refractivity contribution in [2.45, 2.75) is 19.8 Å². The molecule has 0 radical (unpaired) electrons. The van der Waals surface area contributed by atoms with Crippen LogP contribution >= 0.6 is 0 Å². The Labute approximate surface area is 81.4 Å². The largest absolute Gasteiger partial charge is 0.460 e. The topological polar surface area (TPSA) is 91.2 Å². The van der Waals surface area contributed by atoms with Crippen LogP contribution in [0.25, 0.3) is 0 Å². The first-order valence-corrected chi connectivity index (χ1v) is 4.39. The highest BCUT2D eigenvalue weighted by atomic mass is 16.5. The third-order valence-electron chi connectivity index (χ3n) is 1.67. The molecule has 0 aliphatic rings. The van der Waals surface area contributed by atoms with Gasteiger partial charge in [-0.25, -0.2) is 4.79 Å². The van der Waals surface area contributed by atoms with E-state index in [1.807, 2.05) is 6.92 Å². The van der Waals surface area contributed by atoms with Gasteiger partial charge in [-0.05, 0) is 12.1 Å². The molecule has 1 aromatic heterocycles. The van der Waals surface area contributed by atoms with Gasteiger partial charge in [-0.3, -0.25) is 0 Å². The van der Waals surface area contributed by atoms with Gasteiger partial charge in [0.05, 0.1) is 6.61 Å². The minimum atomic E-state index is -0.577. The molecule has 1 atom stereocenters. The number of carbonyl (C=O) groups is 1. The van der Waals surface area contributed by atoms with Crippen LogP contribution in [0.1, 0.15) is 36.3 Å². The minimum Gasteiger partial charge on any atom is -0.460 e. The average Bonchev–Trinajstić information content (AvgIpc) is 2.66. The second-order valence-corrected chi connectivity index (χ2v) is 2.81. The molecular formula is C8H13N3O3. The van der Waals surface area contributed by atoms with Gasteiger partial charge in [-0.15, -0.1) is 0 Å². The number of rotatable bonds is 4. The number of nitrogens with two attached hydrogens (primary N) is 1. The predicted molar refractivity (Wildman–Crippen MR) is 47.7 cm³/mol. The Morgan fingerprint density at radius 3 is 3.00 bits per heavy atom. The van der Waals surface area contributed by atoms with Gasteiger partial charge in [0, 0.05) is 12.5 Å². The Morgan fingerprint density at radius 1 is 1.71 bits per heavy atom. The van der Waals surface area contributed by atoms with Crippen LogP contribution in [0.2, 0.25) is 0 Å². The molecule has 0 saturated carbocycles. The second kappa shape index (κ2) is 4.71. The van der Waals surface area contributed by atoms with Crippen molar-refractivity contribution in [1.29, 1.82) is 0 Å². The third kappa shape index (κ3) is 2.29. The van der Waals surface area contributed by atoms with Crippen molar-refractivity contribution in [1.82, 2.24) is 10.1 Å². The zero-order valence-corrected chi connectivity index (χ0v) is 8.19. The second-order valence-electron chi connectivity index (χ2n) is 2.81. The van der Waals surface area contributed by atoms with E-state index in [1.54, 1.807) is 6.92 Å². The summed E-state index contributed by atoms with van der Waals surface area (Å²) in [7, 11) is 0. The van der Waals surface area contributed by atoms with E-state index in [2.05, 4.69) is 10.1 Å². The molecule has 1 rings (SSSR count). The molecule has 0 aliphatic heterocycles. The van der Waals surface area contributed by atoms with E-state index >= 15 is 0 Å². The first-order chi connectivity index (χ1) is 6.69. The van der Waals surface area contributed by atoms with Crippen LogP contribution in [0.5, 0.6) is 0 Å². The molecule has 0 aromatic carbocycles. The van der Waals surface area contributed by atoms with Crippen molar-refractivity contribution in [2.75, 3.05) is 13.2 Å². The van der Waals surface area contributed by atoms with Crippen LogP contribution < -0.4 is 5.73 Å². The highest BCUT2D eigenvalue weighted by molar-refractivity contribution is 5.84. The predicted octanol–water partition coefficient (Wildman–Crippen LogP) is 0.309. The summed E-state index contributed by atoms with van der Waals surface area (Å²) in [5.41, 5.74) is 5.40. The normalized spacial score (nSPS) is 12.5. The summed E-state index contributed by atoms with van der Waals surface area (Å²) in [6.07, 6.45) is 0. The van der Waals surface area contributed by atoms with E-state index in [0.717, 1.165) is 0 Å². The number of hydrogen-bond donors (Lipinski definition) is 1. The van der Waals surface area contributed by atoms with Crippen molar-refractivity contribution < 1.29 is 14.1 Å². The van der Waals surface area contributed by atoms with Crippen LogP contribution in [-0.4, -0.2) is 29.3 Å². The Morgan fingerprint density at radius 2 is 2.43 bits per heavy atom. The van der Waals surface area contributed by atoms with Crippen molar-refractivity contribution in [3.8, 4) is 0 Å². The molecule has 0 aliphatic carbocycles. The Hall–Kier alpha value is -1.43. The van der Waals surface area contributed by atoms with E-state index in [9.17, 15) is 4.79 Å². The number of nitrogens with zero attached hydrogens (tertiary/aromatic N) is 2. The van der Waals surface area contributed by atoms with Gasteiger partial charge in [0.1, 0.15) is 0 Å². The van der Waals surface area contributed by atoms with E-state index in [1.165, 1.54) is 0 Å². The van der Waals surface area contributed by atoms with Gasteiger partial charge in [-0.1, -0.05) is 6.92 Å². The molecule has 14 heavy (non-hydrogen) atoms. The fraction of sp³-hybridized carbons (Fsp3) is 0.625. The van der Waals surface area contributed by atoms with Crippen LogP contribution in [0.4, 0.5) is 0 Å². The highest BCUT2D eigenvalue weighted by Crippen LogP contribution is 2.10. The molecule has 0 saturated heterocycles. The molecule has 0 bridgehead atoms. The summed E-state index contributed by atoms with van der Waals surface area (Å²) in [6.45, 7) is 4.23. The maximum Gasteiger partial charge on any atom is 0.379 e. The van der Waals surface area contributed by atoms with E-state index in [0.29, 0.717) is 12.4 Å². The lowest BCUT2D eigenvalue weighted by molar-refractivity contribution is 0.0508. The van der Waals surface area contributed by atoms with Crippen molar-refractivity contribution in [3.05, 3.63) is 11.7 Å². The molecule has 78 valence electrons. The van der Waals surface area contributed by atoms with E-state index in [4.69, 9.17) is 15.0 Å². The zero-order chi connectivity index (χ0) is 10.6. The third-order valence-corrected chi connectivity index (χ3v) is 1.67. The lowest BCUT2D eigenvalue weighted by Gasteiger charge is -1.98. The molecule has 1 heterocycles. The summed E-state index contributed by atoms with van der Waals surface area (Å²) in [4.78, 5) is 15.0. The lowest BCUT2D eigenvalue weighted by Crippen LogP contribution is -2.10. The van der Waals surface area contributed by atoms with Crippen molar-refractivity contribution in [2.24, 2.45) is 5.73 Å². The summed E-state index contributed by atoms with van der Waals surface area (Å²) >= 11 is 0. The quantitative estimate of drug-likeness (QED) is 0.701. The fourth-order valence-corrected chi connectivity index (χ4v) is 0.815. The van der Waals surface area contributed by atoms with E-state index < -0.39 is 5.97 Å². The Bertz CT molecular complexity index is 311. The minimum absolute atomic E-state index is 0.0503. The number of aromatic nitrogens is 2. The van der Waals surface area contributed by atoms with Gasteiger partial charge in [-0.2, -0.15) is 4.98 Å². The number of hydrogen-bond acceptors (Lipinski definition) is 6. The SMILES string of the molecule is CCOC(=O)c1noc(C(C)CN)n1. The molecule has 0 fully saturated rings. The standard InChI is InChI=1S/C8H13N3O3/c1-3-13-8(12)6-10-7(14-11-6)5(2)4-9/h5H,3-4,9H2,1-2H3. The van der Waals surface area contributed by atoms with Gasteiger partial charge < -0.3 is 15.0 Å². The fourth-order valence-electron chi connectivity index (χ4n) is 0.815. The number of esters is 1. The lowest BCUT2D eigenvalue weighted by atomic mass is 10.2. The molecular weight excluding hydrogens is 186 g/mol. The van der Waals surface area contributed by atoms with Crippen LogP contribution in [-0.2, 0) is 4.74 Å². The van der Waals surface area contributed by atoms with Crippen LogP contribution in [0.3, 0.4) is 0 Å². The first kappa shape index (κ1) is 10.6. The molecule has 1 unspecified atom stereocenters. The summed E-state index contributed by atoms with van der Waals surface area (Å²) in [5.74, 6) is -0.324. The zero-order valence-electron chi connectivity index (χ0n) is 8.19.